The average molecular weight is 287 g/mol. The monoisotopic (exact) mass is 286 g/mol. The summed E-state index contributed by atoms with van der Waals surface area (Å²) in [5, 5.41) is 3.29. The third-order valence-electron chi connectivity index (χ3n) is 2.46. The Labute approximate surface area is 118 Å². The zero-order chi connectivity index (χ0) is 14.3. The second kappa shape index (κ2) is 7.99. The molecule has 0 bridgehead atoms. The van der Waals surface area contributed by atoms with Gasteiger partial charge in [-0.3, -0.25) is 4.79 Å². The van der Waals surface area contributed by atoms with E-state index in [1.165, 1.54) is 0 Å². The number of methoxy groups -OCH3 is 1. The van der Waals surface area contributed by atoms with Gasteiger partial charge in [-0.25, -0.2) is 0 Å². The molecule has 3 N–H and O–H groups in total. The fraction of sp³-hybridized carbons (Fsp3) is 0.462. The molecule has 1 unspecified atom stereocenters. The van der Waals surface area contributed by atoms with Crippen LogP contribution in [0.1, 0.15) is 12.5 Å². The SMILES string of the molecule is COCC(C)NC(=O)COc1cccc(Cl)c1CN. The molecule has 0 radical (unpaired) electrons. The summed E-state index contributed by atoms with van der Waals surface area (Å²) in [5.74, 6) is 0.317. The quantitative estimate of drug-likeness (QED) is 0.793. The topological polar surface area (TPSA) is 73.6 Å². The Balaban J connectivity index is 2.53. The Morgan fingerprint density at radius 1 is 1.53 bits per heavy atom. The van der Waals surface area contributed by atoms with Crippen molar-refractivity contribution in [3.8, 4) is 5.75 Å². The summed E-state index contributed by atoms with van der Waals surface area (Å²) in [6, 6.07) is 5.16. The van der Waals surface area contributed by atoms with Crippen LogP contribution >= 0.6 is 11.6 Å². The molecule has 1 aromatic rings. The molecule has 106 valence electrons. The van der Waals surface area contributed by atoms with E-state index in [9.17, 15) is 4.79 Å². The van der Waals surface area contributed by atoms with Crippen molar-refractivity contribution in [1.82, 2.24) is 5.32 Å². The van der Waals surface area contributed by atoms with Gasteiger partial charge >= 0.3 is 0 Å². The second-order valence-corrected chi connectivity index (χ2v) is 4.54. The van der Waals surface area contributed by atoms with Gasteiger partial charge in [-0.05, 0) is 19.1 Å². The van der Waals surface area contributed by atoms with Crippen molar-refractivity contribution in [3.63, 3.8) is 0 Å². The third kappa shape index (κ3) is 5.06. The number of hydrogen-bond acceptors (Lipinski definition) is 4. The minimum absolute atomic E-state index is 0.0607. The van der Waals surface area contributed by atoms with E-state index in [0.717, 1.165) is 0 Å². The zero-order valence-corrected chi connectivity index (χ0v) is 11.9. The van der Waals surface area contributed by atoms with E-state index in [4.69, 9.17) is 26.8 Å². The Kier molecular flexibility index (Phi) is 6.62. The molecule has 0 aliphatic rings. The molecule has 0 heterocycles. The average Bonchev–Trinajstić information content (AvgIpc) is 2.36. The van der Waals surface area contributed by atoms with Gasteiger partial charge < -0.3 is 20.5 Å². The van der Waals surface area contributed by atoms with Crippen LogP contribution in [0.2, 0.25) is 5.02 Å². The highest BCUT2D eigenvalue weighted by Gasteiger charge is 2.10. The lowest BCUT2D eigenvalue weighted by Crippen LogP contribution is -2.38. The lowest BCUT2D eigenvalue weighted by Gasteiger charge is -2.14. The summed E-state index contributed by atoms with van der Waals surface area (Å²) in [4.78, 5) is 11.6. The van der Waals surface area contributed by atoms with Crippen molar-refractivity contribution >= 4 is 17.5 Å². The van der Waals surface area contributed by atoms with Gasteiger partial charge in [0.1, 0.15) is 5.75 Å². The van der Waals surface area contributed by atoms with Crippen molar-refractivity contribution in [2.24, 2.45) is 5.73 Å². The summed E-state index contributed by atoms with van der Waals surface area (Å²) in [7, 11) is 1.58. The standard InChI is InChI=1S/C13H19ClN2O3/c1-9(7-18-2)16-13(17)8-19-12-5-3-4-11(14)10(12)6-15/h3-5,9H,6-8,15H2,1-2H3,(H,16,17). The smallest absolute Gasteiger partial charge is 0.258 e. The molecule has 1 amide bonds. The maximum Gasteiger partial charge on any atom is 0.258 e. The van der Waals surface area contributed by atoms with E-state index in [1.807, 2.05) is 6.92 Å². The van der Waals surface area contributed by atoms with Crippen LogP contribution in [0.3, 0.4) is 0 Å². The first-order valence-electron chi connectivity index (χ1n) is 5.97. The molecule has 5 nitrogen and oxygen atoms in total. The summed E-state index contributed by atoms with van der Waals surface area (Å²) in [5.41, 5.74) is 6.29. The van der Waals surface area contributed by atoms with Crippen molar-refractivity contribution in [3.05, 3.63) is 28.8 Å². The van der Waals surface area contributed by atoms with E-state index in [-0.39, 0.29) is 25.1 Å². The minimum atomic E-state index is -0.215. The molecular weight excluding hydrogens is 268 g/mol. The molecule has 0 aromatic heterocycles. The molecule has 0 aliphatic heterocycles. The number of carbonyl (C=O) groups excluding carboxylic acids is 1. The normalized spacial score (nSPS) is 12.0. The van der Waals surface area contributed by atoms with Crippen molar-refractivity contribution in [1.29, 1.82) is 0 Å². The zero-order valence-electron chi connectivity index (χ0n) is 11.1. The Hall–Kier alpha value is -1.30. The predicted molar refractivity (Wildman–Crippen MR) is 74.3 cm³/mol. The van der Waals surface area contributed by atoms with E-state index < -0.39 is 0 Å². The number of ether oxygens (including phenoxy) is 2. The molecule has 1 rings (SSSR count). The van der Waals surface area contributed by atoms with Crippen molar-refractivity contribution in [2.45, 2.75) is 19.5 Å². The molecule has 0 saturated carbocycles. The Bertz CT molecular complexity index is 426. The van der Waals surface area contributed by atoms with Gasteiger partial charge in [0.05, 0.1) is 6.61 Å². The van der Waals surface area contributed by atoms with Crippen molar-refractivity contribution in [2.75, 3.05) is 20.3 Å². The number of benzene rings is 1. The molecule has 0 saturated heterocycles. The largest absolute Gasteiger partial charge is 0.483 e. The molecule has 6 heteroatoms. The van der Waals surface area contributed by atoms with Crippen LogP contribution < -0.4 is 15.8 Å². The maximum absolute atomic E-state index is 11.6. The first-order valence-corrected chi connectivity index (χ1v) is 6.34. The predicted octanol–water partition coefficient (Wildman–Crippen LogP) is 1.33. The van der Waals surface area contributed by atoms with Crippen LogP contribution in [0.15, 0.2) is 18.2 Å². The van der Waals surface area contributed by atoms with Gasteiger partial charge in [-0.2, -0.15) is 0 Å². The molecule has 0 fully saturated rings. The van der Waals surface area contributed by atoms with E-state index in [0.29, 0.717) is 22.9 Å². The second-order valence-electron chi connectivity index (χ2n) is 4.13. The number of nitrogens with two attached hydrogens (primary N) is 1. The van der Waals surface area contributed by atoms with Crippen LogP contribution in [-0.4, -0.2) is 32.3 Å². The van der Waals surface area contributed by atoms with Crippen molar-refractivity contribution < 1.29 is 14.3 Å². The van der Waals surface area contributed by atoms with Crippen LogP contribution in [0, 0.1) is 0 Å². The molecule has 1 aromatic carbocycles. The Morgan fingerprint density at radius 3 is 2.89 bits per heavy atom. The maximum atomic E-state index is 11.6. The van der Waals surface area contributed by atoms with E-state index >= 15 is 0 Å². The number of rotatable bonds is 7. The molecule has 1 atom stereocenters. The van der Waals surface area contributed by atoms with Gasteiger partial charge in [0.15, 0.2) is 6.61 Å². The molecule has 0 aliphatic carbocycles. The number of carbonyl (C=O) groups is 1. The van der Waals surface area contributed by atoms with Gasteiger partial charge in [0, 0.05) is 30.3 Å². The number of halogens is 1. The molecule has 19 heavy (non-hydrogen) atoms. The molecular formula is C13H19ClN2O3. The Morgan fingerprint density at radius 2 is 2.26 bits per heavy atom. The summed E-state index contributed by atoms with van der Waals surface area (Å²) in [6.45, 7) is 2.49. The molecule has 0 spiro atoms. The first kappa shape index (κ1) is 15.8. The van der Waals surface area contributed by atoms with Gasteiger partial charge in [0.2, 0.25) is 0 Å². The fourth-order valence-corrected chi connectivity index (χ4v) is 1.87. The number of nitrogens with one attached hydrogen (secondary N) is 1. The lowest BCUT2D eigenvalue weighted by molar-refractivity contribution is -0.124. The minimum Gasteiger partial charge on any atom is -0.483 e. The van der Waals surface area contributed by atoms with Crippen LogP contribution in [0.25, 0.3) is 0 Å². The van der Waals surface area contributed by atoms with Crippen LogP contribution in [-0.2, 0) is 16.1 Å². The summed E-state index contributed by atoms with van der Waals surface area (Å²) >= 11 is 5.99. The van der Waals surface area contributed by atoms with Crippen LogP contribution in [0.5, 0.6) is 5.75 Å². The highest BCUT2D eigenvalue weighted by Crippen LogP contribution is 2.25. The number of hydrogen-bond donors (Lipinski definition) is 2. The van der Waals surface area contributed by atoms with Gasteiger partial charge in [-0.1, -0.05) is 17.7 Å². The fourth-order valence-electron chi connectivity index (χ4n) is 1.62. The van der Waals surface area contributed by atoms with E-state index in [2.05, 4.69) is 5.32 Å². The summed E-state index contributed by atoms with van der Waals surface area (Å²) in [6.07, 6.45) is 0. The summed E-state index contributed by atoms with van der Waals surface area (Å²) < 4.78 is 10.4. The van der Waals surface area contributed by atoms with E-state index in [1.54, 1.807) is 25.3 Å². The van der Waals surface area contributed by atoms with Gasteiger partial charge in [-0.15, -0.1) is 0 Å². The third-order valence-corrected chi connectivity index (χ3v) is 2.82. The number of amides is 1. The lowest BCUT2D eigenvalue weighted by atomic mass is 10.2. The van der Waals surface area contributed by atoms with Gasteiger partial charge in [0.25, 0.3) is 5.91 Å². The van der Waals surface area contributed by atoms with Crippen LogP contribution in [0.4, 0.5) is 0 Å². The highest BCUT2D eigenvalue weighted by atomic mass is 35.5. The highest BCUT2D eigenvalue weighted by molar-refractivity contribution is 6.31. The first-order chi connectivity index (χ1) is 9.08.